The average molecular weight is 258 g/mol. The quantitative estimate of drug-likeness (QED) is 0.850. The summed E-state index contributed by atoms with van der Waals surface area (Å²) in [5, 5.41) is 6.18. The molecule has 2 atom stereocenters. The maximum atomic E-state index is 5.79. The van der Waals surface area contributed by atoms with Gasteiger partial charge in [0.25, 0.3) is 0 Å². The summed E-state index contributed by atoms with van der Waals surface area (Å²) in [6.45, 7) is 3.69. The Balaban J connectivity index is 1.96. The predicted molar refractivity (Wildman–Crippen MR) is 66.4 cm³/mol. The number of nitrogens with zero attached hydrogens (tertiary/aromatic N) is 3. The summed E-state index contributed by atoms with van der Waals surface area (Å²) in [4.78, 5) is 12.1. The van der Waals surface area contributed by atoms with Gasteiger partial charge in [0, 0.05) is 26.1 Å². The third-order valence-corrected chi connectivity index (χ3v) is 3.06. The number of rotatable bonds is 4. The Kier molecular flexibility index (Phi) is 3.96. The molecule has 0 bridgehead atoms. The molecule has 0 radical (unpaired) electrons. The number of aromatic nitrogens is 3. The molecule has 7 heteroatoms. The first-order valence-electron chi connectivity index (χ1n) is 5.64. The lowest BCUT2D eigenvalue weighted by Gasteiger charge is -2.14. The van der Waals surface area contributed by atoms with Crippen molar-refractivity contribution >= 4 is 23.5 Å². The molecule has 6 nitrogen and oxygen atoms in total. The molecule has 1 aromatic rings. The Morgan fingerprint density at radius 1 is 1.35 bits per heavy atom. The molecule has 0 amide bonds. The van der Waals surface area contributed by atoms with Crippen LogP contribution in [0.2, 0.25) is 5.28 Å². The van der Waals surface area contributed by atoms with Gasteiger partial charge in [-0.3, -0.25) is 0 Å². The minimum Gasteiger partial charge on any atom is -0.378 e. The van der Waals surface area contributed by atoms with Gasteiger partial charge in [-0.05, 0) is 24.9 Å². The average Bonchev–Trinajstić information content (AvgIpc) is 2.71. The van der Waals surface area contributed by atoms with Gasteiger partial charge >= 0.3 is 0 Å². The number of hydrogen-bond acceptors (Lipinski definition) is 6. The molecule has 2 unspecified atom stereocenters. The molecular formula is C10H16ClN5O. The second kappa shape index (κ2) is 5.46. The summed E-state index contributed by atoms with van der Waals surface area (Å²) in [6.07, 6.45) is 1.34. The van der Waals surface area contributed by atoms with Gasteiger partial charge in [-0.2, -0.15) is 15.0 Å². The van der Waals surface area contributed by atoms with Crippen molar-refractivity contribution in [3.05, 3.63) is 5.28 Å². The number of anilines is 2. The standard InChI is InChI=1S/C10H16ClN5O/c1-6-7(3-4-17-6)5-13-10-15-8(11)14-9(12-2)16-10/h6-7H,3-5H2,1-2H3,(H2,12,13,14,15,16). The monoisotopic (exact) mass is 257 g/mol. The highest BCUT2D eigenvalue weighted by atomic mass is 35.5. The van der Waals surface area contributed by atoms with E-state index in [1.54, 1.807) is 7.05 Å². The molecule has 2 rings (SSSR count). The minimum absolute atomic E-state index is 0.183. The van der Waals surface area contributed by atoms with Crippen LogP contribution in [-0.4, -0.2) is 41.3 Å². The number of hydrogen-bond donors (Lipinski definition) is 2. The highest BCUT2D eigenvalue weighted by Crippen LogP contribution is 2.20. The molecule has 0 aliphatic carbocycles. The van der Waals surface area contributed by atoms with Crippen molar-refractivity contribution < 1.29 is 4.74 Å². The van der Waals surface area contributed by atoms with E-state index in [4.69, 9.17) is 16.3 Å². The van der Waals surface area contributed by atoms with Crippen molar-refractivity contribution in [3.8, 4) is 0 Å². The van der Waals surface area contributed by atoms with Crippen LogP contribution in [-0.2, 0) is 4.74 Å². The van der Waals surface area contributed by atoms with Gasteiger partial charge in [-0.1, -0.05) is 0 Å². The smallest absolute Gasteiger partial charge is 0.228 e. The van der Waals surface area contributed by atoms with E-state index in [-0.39, 0.29) is 11.4 Å². The first-order chi connectivity index (χ1) is 8.19. The third kappa shape index (κ3) is 3.17. The topological polar surface area (TPSA) is 72.0 Å². The number of ether oxygens (including phenoxy) is 1. The van der Waals surface area contributed by atoms with Gasteiger partial charge in [0.15, 0.2) is 0 Å². The van der Waals surface area contributed by atoms with E-state index in [0.717, 1.165) is 19.6 Å². The van der Waals surface area contributed by atoms with E-state index in [0.29, 0.717) is 17.8 Å². The molecule has 1 aromatic heterocycles. The van der Waals surface area contributed by atoms with Crippen LogP contribution in [0, 0.1) is 5.92 Å². The molecule has 0 saturated carbocycles. The first-order valence-corrected chi connectivity index (χ1v) is 6.01. The van der Waals surface area contributed by atoms with Crippen molar-refractivity contribution in [2.75, 3.05) is 30.8 Å². The van der Waals surface area contributed by atoms with Crippen LogP contribution >= 0.6 is 11.6 Å². The Hall–Kier alpha value is -1.14. The molecule has 1 aliphatic heterocycles. The minimum atomic E-state index is 0.183. The molecule has 0 spiro atoms. The van der Waals surface area contributed by atoms with Crippen LogP contribution in [0.25, 0.3) is 0 Å². The van der Waals surface area contributed by atoms with Crippen molar-refractivity contribution in [3.63, 3.8) is 0 Å². The Bertz CT molecular complexity index is 389. The van der Waals surface area contributed by atoms with Gasteiger partial charge < -0.3 is 15.4 Å². The molecule has 94 valence electrons. The fourth-order valence-electron chi connectivity index (χ4n) is 1.81. The van der Waals surface area contributed by atoms with Crippen LogP contribution in [0.3, 0.4) is 0 Å². The summed E-state index contributed by atoms with van der Waals surface area (Å²) < 4.78 is 5.49. The molecule has 17 heavy (non-hydrogen) atoms. The van der Waals surface area contributed by atoms with Crippen LogP contribution in [0.15, 0.2) is 0 Å². The second-order valence-electron chi connectivity index (χ2n) is 4.01. The lowest BCUT2D eigenvalue weighted by Crippen LogP contribution is -2.21. The maximum Gasteiger partial charge on any atom is 0.228 e. The van der Waals surface area contributed by atoms with Crippen LogP contribution in [0.5, 0.6) is 0 Å². The molecule has 2 heterocycles. The fraction of sp³-hybridized carbons (Fsp3) is 0.700. The van der Waals surface area contributed by atoms with E-state index < -0.39 is 0 Å². The van der Waals surface area contributed by atoms with Gasteiger partial charge in [0.1, 0.15) is 0 Å². The summed E-state index contributed by atoms with van der Waals surface area (Å²) in [6, 6.07) is 0. The zero-order valence-corrected chi connectivity index (χ0v) is 10.7. The van der Waals surface area contributed by atoms with E-state index in [1.807, 2.05) is 0 Å². The maximum absolute atomic E-state index is 5.79. The fourth-order valence-corrected chi connectivity index (χ4v) is 1.97. The molecule has 0 aromatic carbocycles. The summed E-state index contributed by atoms with van der Waals surface area (Å²) in [5.74, 6) is 1.44. The zero-order valence-electron chi connectivity index (χ0n) is 9.90. The molecule has 1 saturated heterocycles. The lowest BCUT2D eigenvalue weighted by atomic mass is 10.0. The van der Waals surface area contributed by atoms with Crippen LogP contribution < -0.4 is 10.6 Å². The van der Waals surface area contributed by atoms with E-state index in [9.17, 15) is 0 Å². The van der Waals surface area contributed by atoms with Crippen LogP contribution in [0.1, 0.15) is 13.3 Å². The van der Waals surface area contributed by atoms with Gasteiger partial charge in [0.05, 0.1) is 6.10 Å². The highest BCUT2D eigenvalue weighted by Gasteiger charge is 2.24. The van der Waals surface area contributed by atoms with Gasteiger partial charge in [-0.25, -0.2) is 0 Å². The third-order valence-electron chi connectivity index (χ3n) is 2.89. The number of halogens is 1. The summed E-state index contributed by atoms with van der Waals surface area (Å²) in [7, 11) is 1.74. The molecule has 1 fully saturated rings. The van der Waals surface area contributed by atoms with E-state index in [1.165, 1.54) is 0 Å². The Morgan fingerprint density at radius 2 is 2.12 bits per heavy atom. The number of nitrogens with one attached hydrogen (secondary N) is 2. The lowest BCUT2D eigenvalue weighted by molar-refractivity contribution is 0.108. The highest BCUT2D eigenvalue weighted by molar-refractivity contribution is 6.28. The van der Waals surface area contributed by atoms with Crippen molar-refractivity contribution in [2.24, 2.45) is 5.92 Å². The normalized spacial score (nSPS) is 23.7. The van der Waals surface area contributed by atoms with Crippen molar-refractivity contribution in [1.29, 1.82) is 0 Å². The van der Waals surface area contributed by atoms with E-state index in [2.05, 4.69) is 32.5 Å². The largest absolute Gasteiger partial charge is 0.378 e. The van der Waals surface area contributed by atoms with E-state index >= 15 is 0 Å². The molecule has 1 aliphatic rings. The molecular weight excluding hydrogens is 242 g/mol. The van der Waals surface area contributed by atoms with Crippen LogP contribution in [0.4, 0.5) is 11.9 Å². The second-order valence-corrected chi connectivity index (χ2v) is 4.35. The van der Waals surface area contributed by atoms with Crippen molar-refractivity contribution in [2.45, 2.75) is 19.4 Å². The predicted octanol–water partition coefficient (Wildman–Crippen LogP) is 1.40. The van der Waals surface area contributed by atoms with Crippen molar-refractivity contribution in [1.82, 2.24) is 15.0 Å². The Morgan fingerprint density at radius 3 is 2.76 bits per heavy atom. The molecule has 2 N–H and O–H groups in total. The van der Waals surface area contributed by atoms with Gasteiger partial charge in [-0.15, -0.1) is 0 Å². The van der Waals surface area contributed by atoms with Gasteiger partial charge in [0.2, 0.25) is 17.2 Å². The zero-order chi connectivity index (χ0) is 12.3. The Labute approximate surface area is 105 Å². The SMILES string of the molecule is CNc1nc(Cl)nc(NCC2CCOC2C)n1. The first kappa shape index (κ1) is 12.3. The summed E-state index contributed by atoms with van der Waals surface area (Å²) >= 11 is 5.79. The summed E-state index contributed by atoms with van der Waals surface area (Å²) in [5.41, 5.74) is 0.